The number of carbonyl (C=O) groups excluding carboxylic acids is 1. The second-order valence-electron chi connectivity index (χ2n) is 13.1. The molecule has 200 valence electrons. The molecule has 0 aromatic carbocycles. The van der Waals surface area contributed by atoms with Crippen LogP contribution in [0.2, 0.25) is 0 Å². The van der Waals surface area contributed by atoms with Gasteiger partial charge in [0.25, 0.3) is 0 Å². The lowest BCUT2D eigenvalue weighted by Gasteiger charge is -2.58. The molecule has 3 fully saturated rings. The fraction of sp³-hybridized carbons (Fsp3) is 0.889. The van der Waals surface area contributed by atoms with Crippen molar-refractivity contribution in [1.82, 2.24) is 0 Å². The lowest BCUT2D eigenvalue weighted by Crippen LogP contribution is -2.55. The molecule has 3 N–H and O–H groups in total. The summed E-state index contributed by atoms with van der Waals surface area (Å²) in [6.07, 6.45) is 6.75. The molecule has 0 bridgehead atoms. The number of fused-ring (bicyclic) bond motifs is 5. The average molecular weight is 513 g/mol. The molecule has 0 heterocycles. The van der Waals surface area contributed by atoms with E-state index in [9.17, 15) is 23.4 Å². The maximum absolute atomic E-state index is 12.6. The molecule has 0 aromatic rings. The molecule has 0 radical (unpaired) electrons. The van der Waals surface area contributed by atoms with Gasteiger partial charge in [-0.3, -0.25) is 9.35 Å². The minimum absolute atomic E-state index is 0.0236. The maximum Gasteiger partial charge on any atom is 0.397 e. The zero-order chi connectivity index (χ0) is 26.0. The van der Waals surface area contributed by atoms with E-state index in [2.05, 4.69) is 19.9 Å². The third-order valence-electron chi connectivity index (χ3n) is 10.2. The maximum atomic E-state index is 12.6. The first-order valence-electron chi connectivity index (χ1n) is 13.3. The minimum atomic E-state index is -4.52. The Hall–Kier alpha value is -0.800. The van der Waals surface area contributed by atoms with Crippen molar-refractivity contribution in [2.75, 3.05) is 0 Å². The number of aliphatic hydroxyl groups is 2. The van der Waals surface area contributed by atoms with Gasteiger partial charge in [0.15, 0.2) is 0 Å². The Bertz CT molecular complexity index is 970. The molecule has 9 atom stereocenters. The summed E-state index contributed by atoms with van der Waals surface area (Å²) in [6.45, 7) is 10.3. The van der Waals surface area contributed by atoms with Gasteiger partial charge >= 0.3 is 10.4 Å². The molecule has 8 heteroatoms. The van der Waals surface area contributed by atoms with Crippen LogP contribution >= 0.6 is 0 Å². The molecule has 0 aromatic heterocycles. The highest BCUT2D eigenvalue weighted by molar-refractivity contribution is 7.80. The van der Waals surface area contributed by atoms with E-state index < -0.39 is 28.2 Å². The fourth-order valence-corrected chi connectivity index (χ4v) is 9.39. The van der Waals surface area contributed by atoms with E-state index >= 15 is 0 Å². The summed E-state index contributed by atoms with van der Waals surface area (Å²) >= 11 is 0. The van der Waals surface area contributed by atoms with Crippen LogP contribution < -0.4 is 0 Å². The summed E-state index contributed by atoms with van der Waals surface area (Å²) in [6, 6.07) is 0. The smallest absolute Gasteiger partial charge is 0.393 e. The molecule has 35 heavy (non-hydrogen) atoms. The Morgan fingerprint density at radius 1 is 1.20 bits per heavy atom. The predicted octanol–water partition coefficient (Wildman–Crippen LogP) is 4.48. The summed E-state index contributed by atoms with van der Waals surface area (Å²) in [5.74, 6) is 0.853. The molecule has 3 saturated carbocycles. The Morgan fingerprint density at radius 3 is 2.51 bits per heavy atom. The minimum Gasteiger partial charge on any atom is -0.393 e. The molecule has 4 rings (SSSR count). The SMILES string of the molecule is CC(C)CC(=O)C[C@](C)(O)[C@H]1CC[C@H]2[C@@H]3C[C@H](O)[C@@H]4C[C@@H](OS(=O)(=O)O)CC[C@]4(C)C3=CC[C@@]21C. The summed E-state index contributed by atoms with van der Waals surface area (Å²) in [5, 5.41) is 22.8. The molecular weight excluding hydrogens is 468 g/mol. The molecule has 0 unspecified atom stereocenters. The van der Waals surface area contributed by atoms with Gasteiger partial charge in [-0.05, 0) is 92.3 Å². The number of carbonyl (C=O) groups is 1. The van der Waals surface area contributed by atoms with Crippen LogP contribution in [-0.2, 0) is 19.4 Å². The van der Waals surface area contributed by atoms with Crippen LogP contribution in [0.4, 0.5) is 0 Å². The first-order chi connectivity index (χ1) is 16.1. The molecule has 0 spiro atoms. The van der Waals surface area contributed by atoms with Crippen LogP contribution in [-0.4, -0.2) is 46.8 Å². The Kier molecular flexibility index (Phi) is 7.15. The first-order valence-corrected chi connectivity index (χ1v) is 14.7. The van der Waals surface area contributed by atoms with Gasteiger partial charge in [0, 0.05) is 12.8 Å². The zero-order valence-electron chi connectivity index (χ0n) is 21.9. The number of ketones is 1. The Labute approximate surface area is 210 Å². The van der Waals surface area contributed by atoms with Crippen molar-refractivity contribution < 1.29 is 32.2 Å². The van der Waals surface area contributed by atoms with E-state index in [1.165, 1.54) is 5.57 Å². The van der Waals surface area contributed by atoms with Gasteiger partial charge in [-0.15, -0.1) is 0 Å². The van der Waals surface area contributed by atoms with Gasteiger partial charge in [0.05, 0.1) is 17.8 Å². The summed E-state index contributed by atoms with van der Waals surface area (Å²) < 4.78 is 36.5. The van der Waals surface area contributed by atoms with E-state index in [4.69, 9.17) is 8.74 Å². The third kappa shape index (κ3) is 5.02. The summed E-state index contributed by atoms with van der Waals surface area (Å²) in [7, 11) is -4.52. The van der Waals surface area contributed by atoms with Crippen molar-refractivity contribution in [3.05, 3.63) is 11.6 Å². The van der Waals surface area contributed by atoms with Gasteiger partial charge in [-0.1, -0.05) is 39.3 Å². The van der Waals surface area contributed by atoms with Gasteiger partial charge in [0.2, 0.25) is 0 Å². The first kappa shape index (κ1) is 27.2. The van der Waals surface area contributed by atoms with E-state index in [0.29, 0.717) is 38.0 Å². The van der Waals surface area contributed by atoms with Crippen molar-refractivity contribution in [2.45, 2.75) is 110 Å². The Balaban J connectivity index is 1.57. The largest absolute Gasteiger partial charge is 0.397 e. The third-order valence-corrected chi connectivity index (χ3v) is 10.7. The van der Waals surface area contributed by atoms with Crippen molar-refractivity contribution in [2.24, 2.45) is 40.4 Å². The van der Waals surface area contributed by atoms with Crippen LogP contribution in [0.25, 0.3) is 0 Å². The van der Waals surface area contributed by atoms with Crippen LogP contribution in [0.5, 0.6) is 0 Å². The number of Topliss-reactive ketones (excluding diaryl/α,β-unsaturated/α-hetero) is 1. The number of aliphatic hydroxyl groups excluding tert-OH is 1. The quantitative estimate of drug-likeness (QED) is 0.340. The van der Waals surface area contributed by atoms with E-state index in [0.717, 1.165) is 19.3 Å². The second-order valence-corrected chi connectivity index (χ2v) is 14.2. The number of allylic oxidation sites excluding steroid dienone is 2. The number of hydrogen-bond donors (Lipinski definition) is 3. The van der Waals surface area contributed by atoms with E-state index in [1.54, 1.807) is 0 Å². The van der Waals surface area contributed by atoms with Gasteiger partial charge in [0.1, 0.15) is 5.78 Å². The van der Waals surface area contributed by atoms with Crippen molar-refractivity contribution in [3.63, 3.8) is 0 Å². The second kappa shape index (κ2) is 9.19. The summed E-state index contributed by atoms with van der Waals surface area (Å²) in [4.78, 5) is 12.6. The van der Waals surface area contributed by atoms with E-state index in [1.807, 2.05) is 20.8 Å². The van der Waals surface area contributed by atoms with Crippen molar-refractivity contribution in [1.29, 1.82) is 0 Å². The topological polar surface area (TPSA) is 121 Å². The van der Waals surface area contributed by atoms with Crippen molar-refractivity contribution >= 4 is 16.2 Å². The normalized spacial score (nSPS) is 43.1. The van der Waals surface area contributed by atoms with E-state index in [-0.39, 0.29) is 46.7 Å². The standard InChI is InChI=1S/C27H44O7S/c1-16(2)12-17(28)15-27(5,30)24-7-6-20-19-14-23(29)22-13-18(34-35(31,32)33)8-10-25(22,3)21(19)9-11-26(20,24)4/h9,16,18-20,22-24,29-30H,6-8,10-15H2,1-5H3,(H,31,32,33)/t18-,19-,20-,22-,23-,24-,25+,26-,27-/m0/s1. The fourth-order valence-electron chi connectivity index (χ4n) is 8.87. The van der Waals surface area contributed by atoms with Crippen molar-refractivity contribution in [3.8, 4) is 0 Å². The molecule has 4 aliphatic carbocycles. The monoisotopic (exact) mass is 512 g/mol. The van der Waals surface area contributed by atoms with Gasteiger partial charge in [-0.25, -0.2) is 4.18 Å². The van der Waals surface area contributed by atoms with Crippen LogP contribution in [0.3, 0.4) is 0 Å². The molecule has 0 amide bonds. The number of hydrogen-bond acceptors (Lipinski definition) is 6. The Morgan fingerprint density at radius 2 is 1.89 bits per heavy atom. The molecular formula is C27H44O7S. The predicted molar refractivity (Wildman–Crippen MR) is 133 cm³/mol. The highest BCUT2D eigenvalue weighted by Gasteiger charge is 2.61. The van der Waals surface area contributed by atoms with Crippen LogP contribution in [0.15, 0.2) is 11.6 Å². The highest BCUT2D eigenvalue weighted by Crippen LogP contribution is 2.67. The lowest BCUT2D eigenvalue weighted by molar-refractivity contribution is -0.131. The molecule has 7 nitrogen and oxygen atoms in total. The lowest BCUT2D eigenvalue weighted by atomic mass is 9.47. The number of rotatable bonds is 7. The van der Waals surface area contributed by atoms with Gasteiger partial charge < -0.3 is 10.2 Å². The molecule has 0 saturated heterocycles. The summed E-state index contributed by atoms with van der Waals surface area (Å²) in [5.41, 5.74) is -0.0523. The molecule has 4 aliphatic rings. The zero-order valence-corrected chi connectivity index (χ0v) is 22.7. The highest BCUT2D eigenvalue weighted by atomic mass is 32.3. The van der Waals surface area contributed by atoms with Crippen LogP contribution in [0.1, 0.15) is 92.4 Å². The molecule has 0 aliphatic heterocycles. The van der Waals surface area contributed by atoms with Gasteiger partial charge in [-0.2, -0.15) is 8.42 Å². The van der Waals surface area contributed by atoms with Crippen LogP contribution in [0, 0.1) is 40.4 Å². The average Bonchev–Trinajstić information content (AvgIpc) is 3.05.